The van der Waals surface area contributed by atoms with Crippen LogP contribution in [0.15, 0.2) is 12.3 Å². The minimum Gasteiger partial charge on any atom is -0.297 e. The van der Waals surface area contributed by atoms with Crippen LogP contribution < -0.4 is 0 Å². The van der Waals surface area contributed by atoms with Crippen molar-refractivity contribution < 1.29 is 4.48 Å². The Morgan fingerprint density at radius 2 is 1.86 bits per heavy atom. The summed E-state index contributed by atoms with van der Waals surface area (Å²) in [5, 5.41) is 0. The molecule has 1 atom stereocenters. The number of allylic oxidation sites excluding steroid dienone is 1. The molecule has 0 aliphatic carbocycles. The maximum absolute atomic E-state index is 4.28. The fraction of sp³-hybridized carbons (Fsp3) is 0.846. The Hall–Kier alpha value is -0.300. The van der Waals surface area contributed by atoms with Crippen molar-refractivity contribution in [1.29, 1.82) is 0 Å². The molecule has 1 heteroatoms. The van der Waals surface area contributed by atoms with E-state index >= 15 is 0 Å². The predicted molar refractivity (Wildman–Crippen MR) is 62.8 cm³/mol. The second-order valence-corrected chi connectivity index (χ2v) is 5.86. The summed E-state index contributed by atoms with van der Waals surface area (Å²) in [5.41, 5.74) is 1.43. The van der Waals surface area contributed by atoms with Gasteiger partial charge >= 0.3 is 0 Å². The van der Waals surface area contributed by atoms with Gasteiger partial charge in [0.2, 0.25) is 0 Å². The molecule has 0 aromatic heterocycles. The van der Waals surface area contributed by atoms with Crippen molar-refractivity contribution in [3.8, 4) is 0 Å². The van der Waals surface area contributed by atoms with Gasteiger partial charge in [0.15, 0.2) is 0 Å². The van der Waals surface area contributed by atoms with Crippen molar-refractivity contribution in [2.75, 3.05) is 20.1 Å². The van der Waals surface area contributed by atoms with Crippen LogP contribution in [-0.2, 0) is 0 Å². The lowest BCUT2D eigenvalue weighted by Gasteiger charge is -2.47. The molecule has 1 saturated heterocycles. The van der Waals surface area contributed by atoms with E-state index in [-0.39, 0.29) is 0 Å². The number of nitrogens with zero attached hydrogens (tertiary/aromatic N) is 1. The Kier molecular flexibility index (Phi) is 3.41. The summed E-state index contributed by atoms with van der Waals surface area (Å²) in [6.07, 6.45) is 1.20. The van der Waals surface area contributed by atoms with Crippen molar-refractivity contribution in [1.82, 2.24) is 0 Å². The first-order valence-corrected chi connectivity index (χ1v) is 5.88. The molecule has 14 heavy (non-hydrogen) atoms. The highest BCUT2D eigenvalue weighted by Crippen LogP contribution is 2.32. The van der Waals surface area contributed by atoms with E-state index in [1.165, 1.54) is 25.2 Å². The standard InChI is InChI=1S/C13H26N/c1-10(2)12(4)7-13(5)14(6)8-11(3)9-14/h10-12H,5,7-9H2,1-4,6H3/q+1. The molecule has 0 N–H and O–H groups in total. The fourth-order valence-corrected chi connectivity index (χ4v) is 2.41. The number of rotatable bonds is 4. The Morgan fingerprint density at radius 1 is 1.36 bits per heavy atom. The molecule has 1 heterocycles. The lowest BCUT2D eigenvalue weighted by atomic mass is 9.90. The van der Waals surface area contributed by atoms with Gasteiger partial charge in [-0.15, -0.1) is 0 Å². The van der Waals surface area contributed by atoms with E-state index in [0.29, 0.717) is 0 Å². The lowest BCUT2D eigenvalue weighted by Crippen LogP contribution is -2.59. The molecule has 82 valence electrons. The van der Waals surface area contributed by atoms with Crippen molar-refractivity contribution in [2.24, 2.45) is 17.8 Å². The summed E-state index contributed by atoms with van der Waals surface area (Å²) in [6.45, 7) is 16.1. The first kappa shape index (κ1) is 11.8. The number of hydrogen-bond donors (Lipinski definition) is 0. The molecular weight excluding hydrogens is 170 g/mol. The van der Waals surface area contributed by atoms with Crippen LogP contribution in [0.1, 0.15) is 34.1 Å². The quantitative estimate of drug-likeness (QED) is 0.605. The molecular formula is C13H26N+. The van der Waals surface area contributed by atoms with Gasteiger partial charge in [-0.25, -0.2) is 0 Å². The zero-order valence-electron chi connectivity index (χ0n) is 10.5. The van der Waals surface area contributed by atoms with Crippen molar-refractivity contribution in [2.45, 2.75) is 34.1 Å². The van der Waals surface area contributed by atoms with E-state index in [1.807, 2.05) is 0 Å². The van der Waals surface area contributed by atoms with Crippen LogP contribution in [0, 0.1) is 17.8 Å². The van der Waals surface area contributed by atoms with Gasteiger partial charge in [0, 0.05) is 6.42 Å². The largest absolute Gasteiger partial charge is 0.297 e. The molecule has 1 aliphatic heterocycles. The van der Waals surface area contributed by atoms with E-state index < -0.39 is 0 Å². The van der Waals surface area contributed by atoms with Crippen molar-refractivity contribution in [3.63, 3.8) is 0 Å². The van der Waals surface area contributed by atoms with E-state index in [4.69, 9.17) is 0 Å². The topological polar surface area (TPSA) is 0 Å². The second kappa shape index (κ2) is 4.06. The molecule has 1 rings (SSSR count). The van der Waals surface area contributed by atoms with Crippen LogP contribution in [0.25, 0.3) is 0 Å². The molecule has 0 bridgehead atoms. The summed E-state index contributed by atoms with van der Waals surface area (Å²) in [5.74, 6) is 2.44. The summed E-state index contributed by atoms with van der Waals surface area (Å²) >= 11 is 0. The third-order valence-electron chi connectivity index (χ3n) is 3.89. The zero-order valence-corrected chi connectivity index (χ0v) is 10.5. The average Bonchev–Trinajstić information content (AvgIpc) is 2.01. The first-order chi connectivity index (χ1) is 6.35. The van der Waals surface area contributed by atoms with Crippen LogP contribution in [0.3, 0.4) is 0 Å². The Balaban J connectivity index is 2.43. The Bertz CT molecular complexity index is 211. The van der Waals surface area contributed by atoms with Gasteiger partial charge in [0.1, 0.15) is 5.70 Å². The van der Waals surface area contributed by atoms with Crippen LogP contribution in [0.4, 0.5) is 0 Å². The van der Waals surface area contributed by atoms with Gasteiger partial charge in [-0.3, -0.25) is 4.48 Å². The minimum atomic E-state index is 0.772. The smallest absolute Gasteiger partial charge is 0.102 e. The number of hydrogen-bond acceptors (Lipinski definition) is 0. The van der Waals surface area contributed by atoms with Crippen molar-refractivity contribution in [3.05, 3.63) is 12.3 Å². The molecule has 0 aromatic carbocycles. The third-order valence-corrected chi connectivity index (χ3v) is 3.89. The van der Waals surface area contributed by atoms with E-state index in [2.05, 4.69) is 41.3 Å². The molecule has 0 amide bonds. The molecule has 1 nitrogen and oxygen atoms in total. The Labute approximate surface area is 89.4 Å². The number of quaternary nitrogens is 1. The second-order valence-electron chi connectivity index (χ2n) is 5.86. The van der Waals surface area contributed by atoms with Gasteiger partial charge in [-0.1, -0.05) is 27.7 Å². The maximum Gasteiger partial charge on any atom is 0.102 e. The number of likely N-dealkylation sites (tertiary alicyclic amines) is 1. The van der Waals surface area contributed by atoms with Gasteiger partial charge in [-0.2, -0.15) is 0 Å². The molecule has 0 radical (unpaired) electrons. The van der Waals surface area contributed by atoms with Gasteiger partial charge in [0.25, 0.3) is 0 Å². The van der Waals surface area contributed by atoms with Crippen LogP contribution in [0.2, 0.25) is 0 Å². The van der Waals surface area contributed by atoms with E-state index in [1.54, 1.807) is 0 Å². The summed E-state index contributed by atoms with van der Waals surface area (Å²) in [6, 6.07) is 0. The average molecular weight is 196 g/mol. The van der Waals surface area contributed by atoms with Crippen LogP contribution in [0.5, 0.6) is 0 Å². The lowest BCUT2D eigenvalue weighted by molar-refractivity contribution is -0.922. The van der Waals surface area contributed by atoms with E-state index in [0.717, 1.165) is 22.2 Å². The molecule has 0 aromatic rings. The van der Waals surface area contributed by atoms with Crippen LogP contribution >= 0.6 is 0 Å². The highest BCUT2D eigenvalue weighted by molar-refractivity contribution is 4.89. The maximum atomic E-state index is 4.28. The highest BCUT2D eigenvalue weighted by atomic mass is 15.4. The van der Waals surface area contributed by atoms with Crippen molar-refractivity contribution >= 4 is 0 Å². The monoisotopic (exact) mass is 196 g/mol. The molecule has 1 fully saturated rings. The predicted octanol–water partition coefficient (Wildman–Crippen LogP) is 3.28. The van der Waals surface area contributed by atoms with Gasteiger partial charge in [-0.05, 0) is 18.4 Å². The first-order valence-electron chi connectivity index (χ1n) is 5.88. The normalized spacial score (nSPS) is 34.0. The summed E-state index contributed by atoms with van der Waals surface area (Å²) in [4.78, 5) is 0. The highest BCUT2D eigenvalue weighted by Gasteiger charge is 2.40. The molecule has 0 spiro atoms. The van der Waals surface area contributed by atoms with Gasteiger partial charge in [0.05, 0.1) is 26.1 Å². The molecule has 1 aliphatic rings. The Morgan fingerprint density at radius 3 is 2.21 bits per heavy atom. The SMILES string of the molecule is C=C(CC(C)C(C)C)[N+]1(C)CC(C)C1. The van der Waals surface area contributed by atoms with Crippen LogP contribution in [-0.4, -0.2) is 24.6 Å². The van der Waals surface area contributed by atoms with Gasteiger partial charge < -0.3 is 0 Å². The summed E-state index contributed by atoms with van der Waals surface area (Å²) < 4.78 is 1.12. The zero-order chi connectivity index (χ0) is 10.9. The minimum absolute atomic E-state index is 0.772. The molecule has 0 saturated carbocycles. The molecule has 1 unspecified atom stereocenters. The third kappa shape index (κ3) is 2.38. The van der Waals surface area contributed by atoms with E-state index in [9.17, 15) is 0 Å². The fourth-order valence-electron chi connectivity index (χ4n) is 2.41. The summed E-state index contributed by atoms with van der Waals surface area (Å²) in [7, 11) is 2.33.